The minimum absolute atomic E-state index is 0.165. The topological polar surface area (TPSA) is 92.3 Å². The number of anilines is 1. The average molecular weight is 376 g/mol. The highest BCUT2D eigenvalue weighted by Gasteiger charge is 2.42. The van der Waals surface area contributed by atoms with Gasteiger partial charge in [-0.25, -0.2) is 14.4 Å². The van der Waals surface area contributed by atoms with Crippen LogP contribution in [-0.4, -0.2) is 45.1 Å². The van der Waals surface area contributed by atoms with Crippen LogP contribution in [0.3, 0.4) is 0 Å². The molecule has 0 radical (unpaired) electrons. The number of nitrogens with zero attached hydrogens (tertiary/aromatic N) is 3. The number of fused-ring (bicyclic) bond motifs is 1. The summed E-state index contributed by atoms with van der Waals surface area (Å²) in [6.45, 7) is 0.462. The number of rotatable bonds is 1. The lowest BCUT2D eigenvalue weighted by molar-refractivity contribution is -0.137. The molecule has 1 amide bonds. The number of amides is 1. The summed E-state index contributed by atoms with van der Waals surface area (Å²) in [4.78, 5) is 21.3. The van der Waals surface area contributed by atoms with E-state index in [0.29, 0.717) is 23.1 Å². The number of carbonyl (C=O) groups is 1. The van der Waals surface area contributed by atoms with Crippen LogP contribution in [-0.2, 0) is 4.79 Å². The second-order valence-corrected chi connectivity index (χ2v) is 6.78. The van der Waals surface area contributed by atoms with Crippen molar-refractivity contribution in [1.82, 2.24) is 14.9 Å². The van der Waals surface area contributed by atoms with Gasteiger partial charge >= 0.3 is 0 Å². The van der Waals surface area contributed by atoms with E-state index < -0.39 is 17.3 Å². The monoisotopic (exact) mass is 376 g/mol. The van der Waals surface area contributed by atoms with Crippen molar-refractivity contribution in [2.45, 2.75) is 12.0 Å². The van der Waals surface area contributed by atoms with E-state index in [-0.39, 0.29) is 17.8 Å². The summed E-state index contributed by atoms with van der Waals surface area (Å²) in [6, 6.07) is 10.2. The third-order valence-electron chi connectivity index (χ3n) is 4.84. The number of likely N-dealkylation sites (N-methyl/N-ethyl adjacent to an activating group) is 1. The third-order valence-corrected chi connectivity index (χ3v) is 4.84. The molecule has 1 aliphatic rings. The summed E-state index contributed by atoms with van der Waals surface area (Å²) in [5, 5.41) is 10.9. The number of hydrogen-bond donors (Lipinski definition) is 2. The summed E-state index contributed by atoms with van der Waals surface area (Å²) < 4.78 is 14.4. The Morgan fingerprint density at radius 1 is 1.25 bits per heavy atom. The molecule has 2 aromatic carbocycles. The zero-order chi connectivity index (χ0) is 19.9. The van der Waals surface area contributed by atoms with Crippen LogP contribution in [0.1, 0.15) is 12.0 Å². The Balaban J connectivity index is 1.73. The van der Waals surface area contributed by atoms with E-state index in [2.05, 4.69) is 21.8 Å². The van der Waals surface area contributed by atoms with Crippen LogP contribution in [0.5, 0.6) is 0 Å². The minimum atomic E-state index is -1.66. The number of aliphatic hydroxyl groups is 1. The predicted molar refractivity (Wildman–Crippen MR) is 103 cm³/mol. The smallest absolute Gasteiger partial charge is 0.267 e. The molecule has 1 fully saturated rings. The van der Waals surface area contributed by atoms with Crippen molar-refractivity contribution < 1.29 is 14.3 Å². The summed E-state index contributed by atoms with van der Waals surface area (Å²) in [5.74, 6) is 4.85. The van der Waals surface area contributed by atoms with E-state index in [9.17, 15) is 14.3 Å². The van der Waals surface area contributed by atoms with Gasteiger partial charge in [-0.05, 0) is 35.4 Å². The van der Waals surface area contributed by atoms with E-state index in [0.717, 1.165) is 5.56 Å². The Morgan fingerprint density at radius 2 is 2.07 bits per heavy atom. The molecule has 0 aliphatic carbocycles. The number of aromatic nitrogens is 2. The van der Waals surface area contributed by atoms with E-state index in [1.807, 2.05) is 6.07 Å². The van der Waals surface area contributed by atoms with Gasteiger partial charge < -0.3 is 15.7 Å². The van der Waals surface area contributed by atoms with Gasteiger partial charge in [-0.2, -0.15) is 0 Å². The number of hydrogen-bond acceptors (Lipinski definition) is 5. The van der Waals surface area contributed by atoms with Gasteiger partial charge in [-0.1, -0.05) is 24.0 Å². The number of nitrogen functional groups attached to an aromatic ring is 1. The highest BCUT2D eigenvalue weighted by molar-refractivity contribution is 5.92. The van der Waals surface area contributed by atoms with Gasteiger partial charge in [-0.15, -0.1) is 0 Å². The van der Waals surface area contributed by atoms with Gasteiger partial charge in [0.1, 0.15) is 23.5 Å². The predicted octanol–water partition coefficient (Wildman–Crippen LogP) is 1.96. The van der Waals surface area contributed by atoms with Gasteiger partial charge in [-0.3, -0.25) is 4.79 Å². The molecule has 3 N–H and O–H groups in total. The summed E-state index contributed by atoms with van der Waals surface area (Å²) in [6.07, 6.45) is 1.49. The number of carbonyl (C=O) groups excluding carboxylic acids is 1. The lowest BCUT2D eigenvalue weighted by Crippen LogP contribution is -2.37. The maximum absolute atomic E-state index is 14.4. The first-order chi connectivity index (χ1) is 13.4. The second kappa shape index (κ2) is 6.59. The molecule has 0 bridgehead atoms. The van der Waals surface area contributed by atoms with Crippen LogP contribution >= 0.6 is 0 Å². The molecule has 1 aliphatic heterocycles. The molecule has 3 aromatic rings. The number of nitrogens with two attached hydrogens (primary N) is 1. The molecule has 1 atom stereocenters. The summed E-state index contributed by atoms with van der Waals surface area (Å²) in [7, 11) is 1.63. The summed E-state index contributed by atoms with van der Waals surface area (Å²) >= 11 is 0. The van der Waals surface area contributed by atoms with E-state index in [1.54, 1.807) is 31.3 Å². The maximum Gasteiger partial charge on any atom is 0.267 e. The highest BCUT2D eigenvalue weighted by atomic mass is 19.1. The van der Waals surface area contributed by atoms with Crippen molar-refractivity contribution in [3.8, 4) is 23.0 Å². The lowest BCUT2D eigenvalue weighted by atomic mass is 9.99. The van der Waals surface area contributed by atoms with Gasteiger partial charge in [0.15, 0.2) is 0 Å². The van der Waals surface area contributed by atoms with Crippen LogP contribution in [0, 0.1) is 17.7 Å². The van der Waals surface area contributed by atoms with Crippen LogP contribution in [0.25, 0.3) is 22.0 Å². The molecule has 6 nitrogen and oxygen atoms in total. The normalized spacial score (nSPS) is 19.0. The maximum atomic E-state index is 14.4. The molecule has 140 valence electrons. The van der Waals surface area contributed by atoms with Crippen molar-refractivity contribution in [3.05, 3.63) is 54.1 Å². The van der Waals surface area contributed by atoms with Crippen molar-refractivity contribution in [1.29, 1.82) is 0 Å². The van der Waals surface area contributed by atoms with E-state index in [4.69, 9.17) is 5.73 Å². The molecule has 0 saturated carbocycles. The van der Waals surface area contributed by atoms with E-state index in [1.165, 1.54) is 17.3 Å². The van der Waals surface area contributed by atoms with Crippen molar-refractivity contribution in [2.24, 2.45) is 0 Å². The van der Waals surface area contributed by atoms with E-state index >= 15 is 0 Å². The molecule has 0 spiro atoms. The van der Waals surface area contributed by atoms with Crippen LogP contribution in [0.4, 0.5) is 10.2 Å². The number of halogens is 1. The molecule has 2 heterocycles. The SMILES string of the molecule is CN1CC[C@@](O)(C#Cc2cccc(-c3cc(F)c4ncnc(N)c4c3)c2)C1=O. The Kier molecular flexibility index (Phi) is 4.21. The molecule has 0 unspecified atom stereocenters. The van der Waals surface area contributed by atoms with Gasteiger partial charge in [0, 0.05) is 31.0 Å². The first kappa shape index (κ1) is 17.9. The standard InChI is InChI=1S/C21H17FN4O2/c1-26-8-7-21(28,20(26)27)6-5-13-3-2-4-14(9-13)15-10-16-18(17(22)11-15)24-12-25-19(16)23/h2-4,9-12,28H,7-8H2,1H3,(H2,23,24,25)/t21-/m0/s1. The molecule has 1 aromatic heterocycles. The third kappa shape index (κ3) is 3.04. The zero-order valence-corrected chi connectivity index (χ0v) is 15.1. The minimum Gasteiger partial charge on any atom is -0.383 e. The van der Waals surface area contributed by atoms with Crippen molar-refractivity contribution >= 4 is 22.6 Å². The van der Waals surface area contributed by atoms with Crippen LogP contribution < -0.4 is 5.73 Å². The molecule has 4 rings (SSSR count). The fourth-order valence-corrected chi connectivity index (χ4v) is 3.23. The largest absolute Gasteiger partial charge is 0.383 e. The van der Waals surface area contributed by atoms with Crippen molar-refractivity contribution in [3.63, 3.8) is 0 Å². The average Bonchev–Trinajstić information content (AvgIpc) is 2.95. The first-order valence-electron chi connectivity index (χ1n) is 8.69. The molecule has 28 heavy (non-hydrogen) atoms. The molecular weight excluding hydrogens is 359 g/mol. The Labute approximate surface area is 160 Å². The molecular formula is C21H17FN4O2. The molecule has 1 saturated heterocycles. The van der Waals surface area contributed by atoms with Crippen molar-refractivity contribution in [2.75, 3.05) is 19.3 Å². The van der Waals surface area contributed by atoms with Gasteiger partial charge in [0.2, 0.25) is 5.60 Å². The first-order valence-corrected chi connectivity index (χ1v) is 8.69. The second-order valence-electron chi connectivity index (χ2n) is 6.78. The Morgan fingerprint density at radius 3 is 2.82 bits per heavy atom. The van der Waals surface area contributed by atoms with Crippen LogP contribution in [0.15, 0.2) is 42.7 Å². The lowest BCUT2D eigenvalue weighted by Gasteiger charge is -2.13. The zero-order valence-electron chi connectivity index (χ0n) is 15.1. The summed E-state index contributed by atoms with van der Waals surface area (Å²) in [5.41, 5.74) is 6.28. The van der Waals surface area contributed by atoms with Gasteiger partial charge in [0.05, 0.1) is 0 Å². The fraction of sp³-hybridized carbons (Fsp3) is 0.190. The Bertz CT molecular complexity index is 1170. The Hall–Kier alpha value is -3.50. The fourth-order valence-electron chi connectivity index (χ4n) is 3.23. The quantitative estimate of drug-likeness (QED) is 0.634. The van der Waals surface area contributed by atoms with Crippen LogP contribution in [0.2, 0.25) is 0 Å². The highest BCUT2D eigenvalue weighted by Crippen LogP contribution is 2.28. The number of likely N-dealkylation sites (tertiary alicyclic amines) is 1. The number of benzene rings is 2. The molecule has 7 heteroatoms. The van der Waals surface area contributed by atoms with Gasteiger partial charge in [0.25, 0.3) is 5.91 Å².